The third-order valence-electron chi connectivity index (χ3n) is 3.56. The van der Waals surface area contributed by atoms with Gasteiger partial charge in [-0.3, -0.25) is 0 Å². The topological polar surface area (TPSA) is 26.0 Å². The van der Waals surface area contributed by atoms with Crippen LogP contribution in [-0.4, -0.2) is 0 Å². The summed E-state index contributed by atoms with van der Waals surface area (Å²) in [6.07, 6.45) is 3.98. The van der Waals surface area contributed by atoms with Crippen molar-refractivity contribution < 1.29 is 4.39 Å². The van der Waals surface area contributed by atoms with Crippen LogP contribution >= 0.6 is 0 Å². The van der Waals surface area contributed by atoms with Gasteiger partial charge >= 0.3 is 0 Å². The Kier molecular flexibility index (Phi) is 2.55. The lowest BCUT2D eigenvalue weighted by atomic mass is 9.71. The van der Waals surface area contributed by atoms with Gasteiger partial charge in [0.25, 0.3) is 0 Å². The number of nitrogens with two attached hydrogens (primary N) is 1. The zero-order chi connectivity index (χ0) is 11.1. The van der Waals surface area contributed by atoms with Crippen LogP contribution in [0.2, 0.25) is 0 Å². The summed E-state index contributed by atoms with van der Waals surface area (Å²) in [7, 11) is 0. The van der Waals surface area contributed by atoms with Crippen molar-refractivity contribution >= 4 is 0 Å². The smallest absolute Gasteiger partial charge is 0.126 e. The molecule has 0 heterocycles. The number of rotatable bonds is 2. The second-order valence-corrected chi connectivity index (χ2v) is 4.62. The van der Waals surface area contributed by atoms with E-state index >= 15 is 0 Å². The predicted molar refractivity (Wildman–Crippen MR) is 60.2 cm³/mol. The van der Waals surface area contributed by atoms with Crippen LogP contribution in [0.5, 0.6) is 0 Å². The molecule has 0 aromatic heterocycles. The summed E-state index contributed by atoms with van der Waals surface area (Å²) in [5.74, 6) is -0.0957. The molecular weight excluding hydrogens is 189 g/mol. The van der Waals surface area contributed by atoms with Gasteiger partial charge in [-0.15, -0.1) is 0 Å². The molecule has 0 unspecified atom stereocenters. The molecule has 0 atom stereocenters. The molecule has 82 valence electrons. The highest BCUT2D eigenvalue weighted by molar-refractivity contribution is 5.38. The van der Waals surface area contributed by atoms with Gasteiger partial charge in [0.05, 0.1) is 0 Å². The zero-order valence-electron chi connectivity index (χ0n) is 9.44. The second kappa shape index (κ2) is 3.60. The molecule has 1 nitrogen and oxygen atoms in total. The van der Waals surface area contributed by atoms with Gasteiger partial charge in [0.1, 0.15) is 5.82 Å². The summed E-state index contributed by atoms with van der Waals surface area (Å²) in [5.41, 5.74) is 9.02. The normalized spacial score (nSPS) is 18.7. The van der Waals surface area contributed by atoms with Gasteiger partial charge in [-0.05, 0) is 55.4 Å². The van der Waals surface area contributed by atoms with Gasteiger partial charge in [-0.2, -0.15) is 0 Å². The maximum absolute atomic E-state index is 13.5. The van der Waals surface area contributed by atoms with Crippen molar-refractivity contribution in [2.24, 2.45) is 5.73 Å². The summed E-state index contributed by atoms with van der Waals surface area (Å²) >= 11 is 0. The minimum absolute atomic E-state index is 0.0957. The molecule has 0 amide bonds. The molecule has 0 radical (unpaired) electrons. The van der Waals surface area contributed by atoms with Crippen LogP contribution in [0.3, 0.4) is 0 Å². The van der Waals surface area contributed by atoms with Crippen LogP contribution in [0.15, 0.2) is 12.1 Å². The molecule has 2 rings (SSSR count). The van der Waals surface area contributed by atoms with E-state index in [4.69, 9.17) is 5.73 Å². The van der Waals surface area contributed by atoms with Crippen molar-refractivity contribution in [2.75, 3.05) is 0 Å². The SMILES string of the molecule is CCc1cc(C2(N)CCC2)c(C)cc1F. The van der Waals surface area contributed by atoms with Gasteiger partial charge in [0.15, 0.2) is 0 Å². The minimum Gasteiger partial charge on any atom is -0.321 e. The molecule has 1 saturated carbocycles. The number of aryl methyl sites for hydroxylation is 2. The summed E-state index contributed by atoms with van der Waals surface area (Å²) < 4.78 is 13.5. The summed E-state index contributed by atoms with van der Waals surface area (Å²) in [6.45, 7) is 3.92. The summed E-state index contributed by atoms with van der Waals surface area (Å²) in [4.78, 5) is 0. The number of hydrogen-bond acceptors (Lipinski definition) is 1. The third-order valence-corrected chi connectivity index (χ3v) is 3.56. The maximum atomic E-state index is 13.5. The molecule has 0 saturated heterocycles. The maximum Gasteiger partial charge on any atom is 0.126 e. The Morgan fingerprint density at radius 2 is 2.07 bits per heavy atom. The van der Waals surface area contributed by atoms with E-state index in [0.29, 0.717) is 0 Å². The largest absolute Gasteiger partial charge is 0.321 e. The van der Waals surface area contributed by atoms with E-state index in [1.807, 2.05) is 19.9 Å². The predicted octanol–water partition coefficient (Wildman–Crippen LogP) is 3.03. The van der Waals surface area contributed by atoms with Crippen molar-refractivity contribution in [3.63, 3.8) is 0 Å². The van der Waals surface area contributed by atoms with Crippen LogP contribution in [0.25, 0.3) is 0 Å². The lowest BCUT2D eigenvalue weighted by Crippen LogP contribution is -2.44. The highest BCUT2D eigenvalue weighted by atomic mass is 19.1. The van der Waals surface area contributed by atoms with Crippen molar-refractivity contribution in [2.45, 2.75) is 45.1 Å². The standard InChI is InChI=1S/C13H18FN/c1-3-10-8-11(9(2)7-12(10)14)13(15)5-4-6-13/h7-8H,3-6,15H2,1-2H3. The first-order chi connectivity index (χ1) is 7.07. The van der Waals surface area contributed by atoms with E-state index in [2.05, 4.69) is 0 Å². The van der Waals surface area contributed by atoms with Crippen LogP contribution < -0.4 is 5.73 Å². The van der Waals surface area contributed by atoms with Crippen molar-refractivity contribution in [3.8, 4) is 0 Å². The first-order valence-electron chi connectivity index (χ1n) is 5.65. The molecular formula is C13H18FN. The van der Waals surface area contributed by atoms with E-state index in [9.17, 15) is 4.39 Å². The van der Waals surface area contributed by atoms with Gasteiger partial charge in [-0.25, -0.2) is 4.39 Å². The molecule has 2 N–H and O–H groups in total. The molecule has 1 aliphatic rings. The fourth-order valence-electron chi connectivity index (χ4n) is 2.35. The average Bonchev–Trinajstić information content (AvgIpc) is 2.15. The first kappa shape index (κ1) is 10.6. The lowest BCUT2D eigenvalue weighted by Gasteiger charge is -2.40. The Morgan fingerprint density at radius 1 is 1.40 bits per heavy atom. The van der Waals surface area contributed by atoms with Crippen molar-refractivity contribution in [1.82, 2.24) is 0 Å². The van der Waals surface area contributed by atoms with E-state index in [1.165, 1.54) is 6.42 Å². The summed E-state index contributed by atoms with van der Waals surface area (Å²) in [6, 6.07) is 3.59. The molecule has 1 aromatic rings. The Morgan fingerprint density at radius 3 is 2.53 bits per heavy atom. The van der Waals surface area contributed by atoms with Crippen LogP contribution in [0, 0.1) is 12.7 Å². The average molecular weight is 207 g/mol. The van der Waals surface area contributed by atoms with Crippen molar-refractivity contribution in [1.29, 1.82) is 0 Å². The number of hydrogen-bond donors (Lipinski definition) is 1. The fourth-order valence-corrected chi connectivity index (χ4v) is 2.35. The Labute approximate surface area is 90.5 Å². The van der Waals surface area contributed by atoms with Gasteiger partial charge in [-0.1, -0.05) is 13.0 Å². The van der Waals surface area contributed by atoms with Gasteiger partial charge in [0, 0.05) is 5.54 Å². The van der Waals surface area contributed by atoms with E-state index < -0.39 is 0 Å². The Balaban J connectivity index is 2.47. The monoisotopic (exact) mass is 207 g/mol. The second-order valence-electron chi connectivity index (χ2n) is 4.62. The molecule has 0 bridgehead atoms. The molecule has 15 heavy (non-hydrogen) atoms. The lowest BCUT2D eigenvalue weighted by molar-refractivity contribution is 0.252. The Hall–Kier alpha value is -0.890. The van der Waals surface area contributed by atoms with E-state index in [0.717, 1.165) is 36.0 Å². The summed E-state index contributed by atoms with van der Waals surface area (Å²) in [5, 5.41) is 0. The molecule has 0 spiro atoms. The minimum atomic E-state index is -0.179. The van der Waals surface area contributed by atoms with E-state index in [-0.39, 0.29) is 11.4 Å². The number of halogens is 1. The highest BCUT2D eigenvalue weighted by Crippen LogP contribution is 2.40. The first-order valence-corrected chi connectivity index (χ1v) is 5.65. The quantitative estimate of drug-likeness (QED) is 0.792. The molecule has 1 aliphatic carbocycles. The van der Waals surface area contributed by atoms with E-state index in [1.54, 1.807) is 6.07 Å². The molecule has 1 fully saturated rings. The van der Waals surface area contributed by atoms with Crippen LogP contribution in [-0.2, 0) is 12.0 Å². The Bertz CT molecular complexity index is 380. The molecule has 1 aromatic carbocycles. The van der Waals surface area contributed by atoms with Crippen LogP contribution in [0.4, 0.5) is 4.39 Å². The zero-order valence-corrected chi connectivity index (χ0v) is 9.44. The molecule has 0 aliphatic heterocycles. The molecule has 2 heteroatoms. The third kappa shape index (κ3) is 1.67. The number of benzene rings is 1. The van der Waals surface area contributed by atoms with Crippen LogP contribution in [0.1, 0.15) is 42.9 Å². The highest BCUT2D eigenvalue weighted by Gasteiger charge is 2.35. The van der Waals surface area contributed by atoms with Crippen molar-refractivity contribution in [3.05, 3.63) is 34.6 Å². The van der Waals surface area contributed by atoms with Gasteiger partial charge < -0.3 is 5.73 Å². The van der Waals surface area contributed by atoms with Gasteiger partial charge in [0.2, 0.25) is 0 Å². The fraction of sp³-hybridized carbons (Fsp3) is 0.538.